The number of rotatable bonds is 23. The second-order valence-electron chi connectivity index (χ2n) is 15.7. The molecule has 2 atom stereocenters. The van der Waals surface area contributed by atoms with Crippen molar-refractivity contribution in [2.45, 2.75) is 94.3 Å². The molecule has 2 heterocycles. The van der Waals surface area contributed by atoms with Crippen LogP contribution in [0, 0.1) is 0 Å². The molecule has 0 saturated carbocycles. The zero-order chi connectivity index (χ0) is 45.4. The molecule has 0 spiro atoms. The molecule has 0 amide bonds. The summed E-state index contributed by atoms with van der Waals surface area (Å²) in [5, 5.41) is 9.52. The number of hydrogen-bond donors (Lipinski definition) is 5. The average Bonchev–Trinajstić information content (AvgIpc) is 3.51. The summed E-state index contributed by atoms with van der Waals surface area (Å²) in [5.74, 6) is -2.29. The number of nitrogens with zero attached hydrogens (tertiary/aromatic N) is 2. The lowest BCUT2D eigenvalue weighted by atomic mass is 9.75. The van der Waals surface area contributed by atoms with Crippen LogP contribution in [-0.4, -0.2) is 104 Å². The Morgan fingerprint density at radius 3 is 1.80 bits per heavy atom. The van der Waals surface area contributed by atoms with E-state index >= 15 is 0 Å². The second kappa shape index (κ2) is 20.0. The lowest BCUT2D eigenvalue weighted by Crippen LogP contribution is -2.31. The van der Waals surface area contributed by atoms with Crippen molar-refractivity contribution >= 4 is 63.5 Å². The zero-order valence-corrected chi connectivity index (χ0v) is 37.6. The van der Waals surface area contributed by atoms with E-state index in [1.807, 2.05) is 54.5 Å². The topological polar surface area (TPSA) is 261 Å². The molecule has 5 N–H and O–H groups in total. The van der Waals surface area contributed by atoms with Gasteiger partial charge in [-0.1, -0.05) is 49.3 Å². The molecule has 336 valence electrons. The van der Waals surface area contributed by atoms with Crippen molar-refractivity contribution in [2.24, 2.45) is 0 Å². The van der Waals surface area contributed by atoms with E-state index in [4.69, 9.17) is 0 Å². The van der Waals surface area contributed by atoms with E-state index < -0.39 is 74.5 Å². The van der Waals surface area contributed by atoms with Crippen LogP contribution >= 0.6 is 0 Å². The number of anilines is 1. The molecule has 0 aromatic heterocycles. The van der Waals surface area contributed by atoms with Crippen molar-refractivity contribution in [1.29, 1.82) is 0 Å². The van der Waals surface area contributed by atoms with E-state index in [1.165, 1.54) is 12.1 Å². The third kappa shape index (κ3) is 13.5. The number of aliphatic carboxylic acids is 1. The molecule has 2 aliphatic heterocycles. The van der Waals surface area contributed by atoms with Crippen LogP contribution in [-0.2, 0) is 62.5 Å². The van der Waals surface area contributed by atoms with Gasteiger partial charge in [0.1, 0.15) is 6.54 Å². The quantitative estimate of drug-likeness (QED) is 0.0368. The van der Waals surface area contributed by atoms with Gasteiger partial charge in [0, 0.05) is 47.5 Å². The van der Waals surface area contributed by atoms with E-state index in [9.17, 15) is 61.8 Å². The third-order valence-corrected chi connectivity index (χ3v) is 14.4. The van der Waals surface area contributed by atoms with Gasteiger partial charge in [0.2, 0.25) is 5.69 Å². The van der Waals surface area contributed by atoms with Gasteiger partial charge in [-0.2, -0.15) is 38.2 Å². The fourth-order valence-corrected chi connectivity index (χ4v) is 10.5. The Bertz CT molecular complexity index is 2580. The molecule has 0 bridgehead atoms. The Hall–Kier alpha value is -4.02. The lowest BCUT2D eigenvalue weighted by Gasteiger charge is -2.30. The smallest absolute Gasteiger partial charge is 0.307 e. The highest BCUT2D eigenvalue weighted by atomic mass is 32.2. The van der Waals surface area contributed by atoms with Crippen molar-refractivity contribution in [3.05, 3.63) is 101 Å². The summed E-state index contributed by atoms with van der Waals surface area (Å²) in [7, 11) is -17.1. The summed E-state index contributed by atoms with van der Waals surface area (Å²) in [6.07, 6.45) is 15.0. The fraction of sp³-hybridized carbons (Fsp3) is 0.463. The highest BCUT2D eigenvalue weighted by Gasteiger charge is 2.47. The number of carboxylic acid groups (broad SMARTS) is 1. The number of carboxylic acids is 1. The molecular weight excluding hydrogens is 873 g/mol. The van der Waals surface area contributed by atoms with Gasteiger partial charge in [0.05, 0.1) is 34.0 Å². The van der Waals surface area contributed by atoms with Gasteiger partial charge in [-0.3, -0.25) is 23.0 Å². The Morgan fingerprint density at radius 2 is 1.25 bits per heavy atom. The predicted octanol–water partition coefficient (Wildman–Crippen LogP) is 6.05. The van der Waals surface area contributed by atoms with E-state index in [0.29, 0.717) is 56.3 Å². The highest BCUT2D eigenvalue weighted by molar-refractivity contribution is 7.86. The lowest BCUT2D eigenvalue weighted by molar-refractivity contribution is -0.438. The second-order valence-corrected chi connectivity index (χ2v) is 21.8. The van der Waals surface area contributed by atoms with Crippen LogP contribution in [0.3, 0.4) is 0 Å². The van der Waals surface area contributed by atoms with Crippen LogP contribution < -0.4 is 4.90 Å². The normalized spacial score (nSPS) is 20.5. The van der Waals surface area contributed by atoms with Crippen molar-refractivity contribution < 1.29 is 66.4 Å². The predicted molar refractivity (Wildman–Crippen MR) is 233 cm³/mol. The molecule has 2 aromatic rings. The first kappa shape index (κ1) is 49.6. The Balaban J connectivity index is 1.69. The number of hydrogen-bond acceptors (Lipinski definition) is 10. The van der Waals surface area contributed by atoms with E-state index in [1.54, 1.807) is 42.5 Å². The first-order valence-corrected chi connectivity index (χ1v) is 26.0. The fourth-order valence-electron chi connectivity index (χ4n) is 8.25. The zero-order valence-electron chi connectivity index (χ0n) is 34.3. The van der Waals surface area contributed by atoms with Crippen molar-refractivity contribution in [3.8, 4) is 0 Å². The number of carbonyl (C=O) groups is 1. The van der Waals surface area contributed by atoms with Gasteiger partial charge in [-0.25, -0.2) is 0 Å². The van der Waals surface area contributed by atoms with Gasteiger partial charge in [0.25, 0.3) is 40.5 Å². The van der Waals surface area contributed by atoms with Gasteiger partial charge < -0.3 is 10.0 Å². The number of fused-ring (bicyclic) bond motifs is 2. The Morgan fingerprint density at radius 1 is 0.689 bits per heavy atom. The molecule has 61 heavy (non-hydrogen) atoms. The minimum atomic E-state index is -4.52. The first-order valence-electron chi connectivity index (χ1n) is 19.8. The molecular formula is C41H55N2O14S4+. The van der Waals surface area contributed by atoms with Crippen LogP contribution in [0.4, 0.5) is 11.4 Å². The summed E-state index contributed by atoms with van der Waals surface area (Å²) in [4.78, 5) is 13.4. The Kier molecular flexibility index (Phi) is 16.3. The van der Waals surface area contributed by atoms with E-state index in [-0.39, 0.29) is 30.6 Å². The molecule has 4 rings (SSSR count). The summed E-state index contributed by atoms with van der Waals surface area (Å²) < 4.78 is 133. The molecule has 0 saturated heterocycles. The Labute approximate surface area is 359 Å². The van der Waals surface area contributed by atoms with E-state index in [2.05, 4.69) is 0 Å². The van der Waals surface area contributed by atoms with Crippen LogP contribution in [0.2, 0.25) is 0 Å². The summed E-state index contributed by atoms with van der Waals surface area (Å²) in [5.41, 5.74) is 3.57. The number of unbranched alkanes of at least 4 members (excludes halogenated alkanes) is 3. The molecule has 0 aliphatic carbocycles. The molecule has 2 aliphatic rings. The van der Waals surface area contributed by atoms with Gasteiger partial charge >= 0.3 is 5.97 Å². The van der Waals surface area contributed by atoms with Crippen LogP contribution in [0.15, 0.2) is 89.5 Å². The molecule has 0 radical (unpaired) electrons. The maximum atomic E-state index is 12.1. The highest BCUT2D eigenvalue weighted by Crippen LogP contribution is 2.51. The molecule has 2 aromatic carbocycles. The number of allylic oxidation sites excluding steroid dienone is 8. The average molecular weight is 928 g/mol. The minimum Gasteiger partial charge on any atom is -0.481 e. The molecule has 16 nitrogen and oxygen atoms in total. The molecule has 0 fully saturated rings. The minimum absolute atomic E-state index is 0.172. The van der Waals surface area contributed by atoms with Crippen LogP contribution in [0.5, 0.6) is 0 Å². The maximum absolute atomic E-state index is 12.1. The van der Waals surface area contributed by atoms with Crippen LogP contribution in [0.25, 0.3) is 0 Å². The van der Waals surface area contributed by atoms with Gasteiger partial charge in [-0.15, -0.1) is 0 Å². The largest absolute Gasteiger partial charge is 0.481 e. The maximum Gasteiger partial charge on any atom is 0.307 e. The van der Waals surface area contributed by atoms with Crippen LogP contribution in [0.1, 0.15) is 88.8 Å². The number of likely N-dealkylation sites (N-methyl/N-ethyl adjacent to an activating group) is 1. The van der Waals surface area contributed by atoms with Crippen molar-refractivity contribution in [3.63, 3.8) is 0 Å². The van der Waals surface area contributed by atoms with Gasteiger partial charge in [0.15, 0.2) is 5.71 Å². The van der Waals surface area contributed by atoms with Crippen molar-refractivity contribution in [2.75, 3.05) is 35.2 Å². The summed E-state index contributed by atoms with van der Waals surface area (Å²) >= 11 is 0. The molecule has 2 unspecified atom stereocenters. The third-order valence-electron chi connectivity index (χ3n) is 11.1. The SMILES string of the molecule is CCN1/C(=C/C=C/C=C/C=C/C2=[N+](CCCCS(=O)(=O)O)c3ccc(CC(=O)O)cc3C2(C)CCCCS(=O)(=O)O)C(C)(CCCCS(=O)(=O)O)c2cc(S(=O)(=O)O)ccc21. The van der Waals surface area contributed by atoms with Crippen molar-refractivity contribution in [1.82, 2.24) is 0 Å². The van der Waals surface area contributed by atoms with E-state index in [0.717, 1.165) is 28.3 Å². The summed E-state index contributed by atoms with van der Waals surface area (Å²) in [6, 6.07) is 9.72. The van der Waals surface area contributed by atoms with Gasteiger partial charge in [-0.05, 0) is 94.3 Å². The molecule has 20 heteroatoms. The first-order chi connectivity index (χ1) is 28.3. The summed E-state index contributed by atoms with van der Waals surface area (Å²) in [6.45, 7) is 6.68. The standard InChI is InChI=1S/C41H54N2O14S4/c1-4-42-35-21-19-32(61(55,56)57)30-34(35)41(3,23-11-14-26-59(49,50)51)37(42)16-8-6-5-7-9-17-38-40(2,22-10-13-25-58(46,47)48)33-28-31(29-39(44)45)18-20-36(33)43(38)24-12-15-27-60(52,53)54/h5-9,16-21,28,30H,4,10-15,22-27,29H2,1-3H3,(H4-,44,45,46,47,48,49,50,51,52,53,54,55,56,57)/p+1. The monoisotopic (exact) mass is 927 g/mol. The number of benzene rings is 2.